The molecule has 0 atom stereocenters. The van der Waals surface area contributed by atoms with Gasteiger partial charge in [0, 0.05) is 17.8 Å². The summed E-state index contributed by atoms with van der Waals surface area (Å²) in [4.78, 5) is 14.4. The molecule has 5 heteroatoms. The van der Waals surface area contributed by atoms with Crippen LogP contribution in [0.5, 0.6) is 5.75 Å². The zero-order valence-corrected chi connectivity index (χ0v) is 16.5. The van der Waals surface area contributed by atoms with Crippen LogP contribution in [0.2, 0.25) is 0 Å². The molecular formula is C24H25N3O2. The van der Waals surface area contributed by atoms with Crippen LogP contribution in [0.4, 0.5) is 5.69 Å². The summed E-state index contributed by atoms with van der Waals surface area (Å²) in [6.07, 6.45) is 0.862. The van der Waals surface area contributed by atoms with Gasteiger partial charge in [0.1, 0.15) is 11.6 Å². The minimum absolute atomic E-state index is 0.000459. The number of likely N-dealkylation sites (N-methyl/N-ethyl adjacent to an activating group) is 1. The predicted molar refractivity (Wildman–Crippen MR) is 117 cm³/mol. The van der Waals surface area contributed by atoms with E-state index in [4.69, 9.17) is 15.9 Å². The number of carbonyl (C=O) groups excluding carboxylic acids is 1. The van der Waals surface area contributed by atoms with Gasteiger partial charge in [-0.25, -0.2) is 0 Å². The lowest BCUT2D eigenvalue weighted by Crippen LogP contribution is -2.34. The fourth-order valence-corrected chi connectivity index (χ4v) is 3.08. The molecule has 0 bridgehead atoms. The summed E-state index contributed by atoms with van der Waals surface area (Å²) in [5.41, 5.74) is 9.37. The van der Waals surface area contributed by atoms with Crippen molar-refractivity contribution >= 4 is 17.4 Å². The Labute approximate surface area is 171 Å². The first-order valence-corrected chi connectivity index (χ1v) is 9.57. The van der Waals surface area contributed by atoms with Crippen molar-refractivity contribution in [3.8, 4) is 5.75 Å². The van der Waals surface area contributed by atoms with E-state index in [1.165, 1.54) is 11.1 Å². The van der Waals surface area contributed by atoms with E-state index in [0.717, 1.165) is 12.1 Å². The van der Waals surface area contributed by atoms with Gasteiger partial charge in [0.15, 0.2) is 6.61 Å². The lowest BCUT2D eigenvalue weighted by molar-refractivity contribution is -0.120. The number of nitrogen functional groups attached to an aromatic ring is 1. The summed E-state index contributed by atoms with van der Waals surface area (Å²) >= 11 is 0. The van der Waals surface area contributed by atoms with E-state index in [2.05, 4.69) is 24.3 Å². The minimum Gasteiger partial charge on any atom is -0.484 e. The van der Waals surface area contributed by atoms with E-state index in [-0.39, 0.29) is 18.3 Å². The van der Waals surface area contributed by atoms with Gasteiger partial charge in [0.25, 0.3) is 5.91 Å². The second kappa shape index (κ2) is 9.55. The van der Waals surface area contributed by atoms with Gasteiger partial charge in [-0.1, -0.05) is 42.5 Å². The largest absolute Gasteiger partial charge is 0.484 e. The zero-order valence-electron chi connectivity index (χ0n) is 16.5. The molecule has 0 saturated carbocycles. The molecule has 148 valence electrons. The third-order valence-corrected chi connectivity index (χ3v) is 4.64. The van der Waals surface area contributed by atoms with Crippen LogP contribution in [0.25, 0.3) is 0 Å². The summed E-state index contributed by atoms with van der Waals surface area (Å²) in [5.74, 6) is 0.456. The molecule has 0 fully saturated rings. The SMILES string of the molecule is CCN(C(=O)COc1ccc(C(=N)N)cc1)c1ccc(Cc2ccccc2)cc1. The second-order valence-electron chi connectivity index (χ2n) is 6.69. The predicted octanol–water partition coefficient (Wildman–Crippen LogP) is 3.99. The Bertz CT molecular complexity index is 952. The van der Waals surface area contributed by atoms with Gasteiger partial charge in [-0.15, -0.1) is 0 Å². The zero-order chi connectivity index (χ0) is 20.6. The maximum absolute atomic E-state index is 12.6. The smallest absolute Gasteiger partial charge is 0.264 e. The molecule has 1 amide bonds. The van der Waals surface area contributed by atoms with Crippen LogP contribution in [0.15, 0.2) is 78.9 Å². The Morgan fingerprint density at radius 1 is 0.931 bits per heavy atom. The van der Waals surface area contributed by atoms with Crippen molar-refractivity contribution in [3.63, 3.8) is 0 Å². The van der Waals surface area contributed by atoms with Crippen molar-refractivity contribution in [2.45, 2.75) is 13.3 Å². The maximum Gasteiger partial charge on any atom is 0.264 e. The second-order valence-corrected chi connectivity index (χ2v) is 6.69. The fourth-order valence-electron chi connectivity index (χ4n) is 3.08. The van der Waals surface area contributed by atoms with E-state index in [0.29, 0.717) is 17.9 Å². The average molecular weight is 387 g/mol. The van der Waals surface area contributed by atoms with Gasteiger partial charge >= 0.3 is 0 Å². The van der Waals surface area contributed by atoms with Crippen LogP contribution in [0.1, 0.15) is 23.6 Å². The molecule has 3 aromatic carbocycles. The van der Waals surface area contributed by atoms with Crippen molar-refractivity contribution in [2.75, 3.05) is 18.1 Å². The molecule has 0 spiro atoms. The number of rotatable bonds is 8. The number of hydrogen-bond acceptors (Lipinski definition) is 3. The number of amidine groups is 1. The van der Waals surface area contributed by atoms with Crippen LogP contribution < -0.4 is 15.4 Å². The molecule has 0 aliphatic heterocycles. The summed E-state index contributed by atoms with van der Waals surface area (Å²) in [6.45, 7) is 2.44. The summed E-state index contributed by atoms with van der Waals surface area (Å²) in [5, 5.41) is 7.41. The highest BCUT2D eigenvalue weighted by atomic mass is 16.5. The maximum atomic E-state index is 12.6. The van der Waals surface area contributed by atoms with Crippen LogP contribution in [-0.4, -0.2) is 24.9 Å². The number of carbonyl (C=O) groups is 1. The molecule has 3 N–H and O–H groups in total. The first-order chi connectivity index (χ1) is 14.1. The molecule has 0 saturated heterocycles. The van der Waals surface area contributed by atoms with Gasteiger partial charge in [0.05, 0.1) is 0 Å². The Balaban J connectivity index is 1.60. The number of hydrogen-bond donors (Lipinski definition) is 2. The van der Waals surface area contributed by atoms with E-state index < -0.39 is 0 Å². The summed E-state index contributed by atoms with van der Waals surface area (Å²) in [6, 6.07) is 25.2. The van der Waals surface area contributed by atoms with E-state index in [1.807, 2.05) is 37.3 Å². The topological polar surface area (TPSA) is 79.4 Å². The van der Waals surface area contributed by atoms with E-state index >= 15 is 0 Å². The quantitative estimate of drug-likeness (QED) is 0.453. The number of anilines is 1. The molecule has 0 aromatic heterocycles. The molecular weight excluding hydrogens is 362 g/mol. The van der Waals surface area contributed by atoms with Crippen molar-refractivity contribution < 1.29 is 9.53 Å². The molecule has 0 aliphatic carbocycles. The molecule has 0 unspecified atom stereocenters. The van der Waals surface area contributed by atoms with Crippen molar-refractivity contribution in [2.24, 2.45) is 5.73 Å². The standard InChI is InChI=1S/C24H25N3O2/c1-2-27(23(28)17-29-22-14-10-20(11-15-22)24(25)26)21-12-8-19(9-13-21)16-18-6-4-3-5-7-18/h3-15H,2,16-17H2,1H3,(H3,25,26). The van der Waals surface area contributed by atoms with Gasteiger partial charge < -0.3 is 15.4 Å². The summed E-state index contributed by atoms with van der Waals surface area (Å²) in [7, 11) is 0. The number of ether oxygens (including phenoxy) is 1. The number of nitrogens with two attached hydrogens (primary N) is 1. The van der Waals surface area contributed by atoms with Gasteiger partial charge in [0.2, 0.25) is 0 Å². The first kappa shape index (κ1) is 20.1. The third-order valence-electron chi connectivity index (χ3n) is 4.64. The molecule has 5 nitrogen and oxygen atoms in total. The van der Waals surface area contributed by atoms with Crippen molar-refractivity contribution in [3.05, 3.63) is 95.6 Å². The number of nitrogens with zero attached hydrogens (tertiary/aromatic N) is 1. The van der Waals surface area contributed by atoms with Crippen LogP contribution in [0, 0.1) is 5.41 Å². The van der Waals surface area contributed by atoms with Crippen LogP contribution in [-0.2, 0) is 11.2 Å². The highest BCUT2D eigenvalue weighted by Gasteiger charge is 2.15. The molecule has 0 aliphatic rings. The molecule has 0 radical (unpaired) electrons. The molecule has 3 aromatic rings. The average Bonchev–Trinajstić information content (AvgIpc) is 2.75. The highest BCUT2D eigenvalue weighted by Crippen LogP contribution is 2.18. The molecule has 0 heterocycles. The van der Waals surface area contributed by atoms with Crippen LogP contribution in [0.3, 0.4) is 0 Å². The fraction of sp³-hybridized carbons (Fsp3) is 0.167. The lowest BCUT2D eigenvalue weighted by atomic mass is 10.0. The molecule has 3 rings (SSSR count). The highest BCUT2D eigenvalue weighted by molar-refractivity contribution is 5.95. The Morgan fingerprint density at radius 2 is 1.55 bits per heavy atom. The lowest BCUT2D eigenvalue weighted by Gasteiger charge is -2.21. The Hall–Kier alpha value is -3.60. The monoisotopic (exact) mass is 387 g/mol. The Morgan fingerprint density at radius 3 is 2.14 bits per heavy atom. The van der Waals surface area contributed by atoms with Gasteiger partial charge in [-0.3, -0.25) is 10.2 Å². The van der Waals surface area contributed by atoms with Crippen molar-refractivity contribution in [1.82, 2.24) is 0 Å². The van der Waals surface area contributed by atoms with Crippen molar-refractivity contribution in [1.29, 1.82) is 5.41 Å². The van der Waals surface area contributed by atoms with Gasteiger partial charge in [-0.2, -0.15) is 0 Å². The van der Waals surface area contributed by atoms with Crippen LogP contribution >= 0.6 is 0 Å². The first-order valence-electron chi connectivity index (χ1n) is 9.57. The third kappa shape index (κ3) is 5.45. The van der Waals surface area contributed by atoms with E-state index in [1.54, 1.807) is 29.2 Å². The molecule has 29 heavy (non-hydrogen) atoms. The minimum atomic E-state index is -0.112. The summed E-state index contributed by atoms with van der Waals surface area (Å²) < 4.78 is 5.61. The Kier molecular flexibility index (Phi) is 6.63. The number of benzene rings is 3. The van der Waals surface area contributed by atoms with E-state index in [9.17, 15) is 4.79 Å². The normalized spacial score (nSPS) is 10.4. The number of nitrogens with one attached hydrogen (secondary N) is 1. The number of amides is 1. The van der Waals surface area contributed by atoms with Gasteiger partial charge in [-0.05, 0) is 60.9 Å².